The molecule has 1 aromatic rings. The van der Waals surface area contributed by atoms with E-state index in [4.69, 9.17) is 4.74 Å². The monoisotopic (exact) mass is 263 g/mol. The van der Waals surface area contributed by atoms with Gasteiger partial charge in [0.15, 0.2) is 0 Å². The smallest absolute Gasteiger partial charge is 0.119 e. The van der Waals surface area contributed by atoms with Gasteiger partial charge in [0.25, 0.3) is 0 Å². The van der Waals surface area contributed by atoms with Gasteiger partial charge in [0.05, 0.1) is 13.2 Å². The van der Waals surface area contributed by atoms with Crippen molar-refractivity contribution >= 4 is 0 Å². The molecule has 3 heteroatoms. The molecule has 0 aromatic heterocycles. The first-order valence-corrected chi connectivity index (χ1v) is 7.26. The molecule has 0 heterocycles. The molecule has 106 valence electrons. The third-order valence-corrected chi connectivity index (χ3v) is 4.15. The first kappa shape index (κ1) is 14.4. The minimum Gasteiger partial charge on any atom is -0.497 e. The predicted molar refractivity (Wildman–Crippen MR) is 77.4 cm³/mol. The van der Waals surface area contributed by atoms with Gasteiger partial charge in [-0.2, -0.15) is 0 Å². The zero-order chi connectivity index (χ0) is 13.7. The fourth-order valence-electron chi connectivity index (χ4n) is 2.78. The summed E-state index contributed by atoms with van der Waals surface area (Å²) in [5, 5.41) is 13.5. The highest BCUT2D eigenvalue weighted by Crippen LogP contribution is 2.25. The molecular formula is C16H25NO2. The molecule has 3 nitrogen and oxygen atoms in total. The third kappa shape index (κ3) is 3.95. The molecule has 1 fully saturated rings. The zero-order valence-electron chi connectivity index (χ0n) is 11.9. The van der Waals surface area contributed by atoms with Crippen LogP contribution in [0.3, 0.4) is 0 Å². The van der Waals surface area contributed by atoms with E-state index in [1.54, 1.807) is 7.11 Å². The number of ether oxygens (including phenoxy) is 1. The van der Waals surface area contributed by atoms with Gasteiger partial charge in [-0.3, -0.25) is 0 Å². The summed E-state index contributed by atoms with van der Waals surface area (Å²) in [4.78, 5) is 0. The van der Waals surface area contributed by atoms with Crippen molar-refractivity contribution in [1.82, 2.24) is 5.32 Å². The summed E-state index contributed by atoms with van der Waals surface area (Å²) in [5.41, 5.74) is 1.23. The predicted octanol–water partition coefficient (Wildman–Crippen LogP) is 2.90. The molecule has 0 saturated heterocycles. The second kappa shape index (κ2) is 6.92. The van der Waals surface area contributed by atoms with E-state index < -0.39 is 0 Å². The summed E-state index contributed by atoms with van der Waals surface area (Å²) in [6.07, 6.45) is 4.39. The molecule has 0 radical (unpaired) electrons. The van der Waals surface area contributed by atoms with E-state index in [9.17, 15) is 5.11 Å². The summed E-state index contributed by atoms with van der Waals surface area (Å²) in [6, 6.07) is 8.43. The van der Waals surface area contributed by atoms with Crippen LogP contribution in [-0.2, 0) is 0 Å². The summed E-state index contributed by atoms with van der Waals surface area (Å²) < 4.78 is 5.25. The molecule has 1 aromatic carbocycles. The summed E-state index contributed by atoms with van der Waals surface area (Å²) in [6.45, 7) is 3.05. The van der Waals surface area contributed by atoms with E-state index in [2.05, 4.69) is 24.4 Å². The lowest BCUT2D eigenvalue weighted by molar-refractivity contribution is 0.0684. The molecular weight excluding hydrogens is 238 g/mol. The quantitative estimate of drug-likeness (QED) is 0.858. The standard InChI is InChI=1S/C16H25NO2/c1-12(13-7-5-8-15(10-13)19-2)17-11-14-6-3-4-9-16(14)18/h5,7-8,10,12,14,16-18H,3-4,6,9,11H2,1-2H3. The topological polar surface area (TPSA) is 41.5 Å². The molecule has 2 N–H and O–H groups in total. The van der Waals surface area contributed by atoms with Crippen LogP contribution < -0.4 is 10.1 Å². The number of aliphatic hydroxyl groups is 1. The summed E-state index contributed by atoms with van der Waals surface area (Å²) >= 11 is 0. The number of hydrogen-bond acceptors (Lipinski definition) is 3. The van der Waals surface area contributed by atoms with Crippen molar-refractivity contribution < 1.29 is 9.84 Å². The Labute approximate surface area is 116 Å². The number of aliphatic hydroxyl groups excluding tert-OH is 1. The van der Waals surface area contributed by atoms with Crippen LogP contribution in [0.25, 0.3) is 0 Å². The van der Waals surface area contributed by atoms with Crippen LogP contribution in [0.1, 0.15) is 44.2 Å². The highest BCUT2D eigenvalue weighted by Gasteiger charge is 2.23. The second-order valence-corrected chi connectivity index (χ2v) is 5.52. The van der Waals surface area contributed by atoms with Gasteiger partial charge < -0.3 is 15.2 Å². The van der Waals surface area contributed by atoms with Crippen molar-refractivity contribution in [1.29, 1.82) is 0 Å². The van der Waals surface area contributed by atoms with Gasteiger partial charge in [0.2, 0.25) is 0 Å². The highest BCUT2D eigenvalue weighted by atomic mass is 16.5. The number of nitrogens with one attached hydrogen (secondary N) is 1. The molecule has 3 atom stereocenters. The van der Waals surface area contributed by atoms with Crippen LogP contribution >= 0.6 is 0 Å². The molecule has 3 unspecified atom stereocenters. The second-order valence-electron chi connectivity index (χ2n) is 5.52. The Morgan fingerprint density at radius 2 is 2.16 bits per heavy atom. The third-order valence-electron chi connectivity index (χ3n) is 4.15. The normalized spacial score (nSPS) is 25.0. The maximum Gasteiger partial charge on any atom is 0.119 e. The van der Waals surface area contributed by atoms with Gasteiger partial charge in [0.1, 0.15) is 5.75 Å². The van der Waals surface area contributed by atoms with Crippen LogP contribution in [0, 0.1) is 5.92 Å². The molecule has 0 amide bonds. The van der Waals surface area contributed by atoms with Crippen molar-refractivity contribution in [2.45, 2.75) is 44.8 Å². The van der Waals surface area contributed by atoms with Gasteiger partial charge in [-0.05, 0) is 43.4 Å². The lowest BCUT2D eigenvalue weighted by atomic mass is 9.86. The lowest BCUT2D eigenvalue weighted by Gasteiger charge is -2.29. The summed E-state index contributed by atoms with van der Waals surface area (Å²) in [7, 11) is 1.69. The molecule has 1 saturated carbocycles. The van der Waals surface area contributed by atoms with Crippen molar-refractivity contribution in [2.75, 3.05) is 13.7 Å². The van der Waals surface area contributed by atoms with E-state index >= 15 is 0 Å². The number of methoxy groups -OCH3 is 1. The Balaban J connectivity index is 1.87. The highest BCUT2D eigenvalue weighted by molar-refractivity contribution is 5.30. The van der Waals surface area contributed by atoms with Crippen LogP contribution in [0.15, 0.2) is 24.3 Å². The maximum atomic E-state index is 9.97. The SMILES string of the molecule is COc1cccc(C(C)NCC2CCCCC2O)c1. The van der Waals surface area contributed by atoms with Gasteiger partial charge in [-0.15, -0.1) is 0 Å². The molecule has 0 aliphatic heterocycles. The van der Waals surface area contributed by atoms with Crippen LogP contribution in [0.2, 0.25) is 0 Å². The number of hydrogen-bond donors (Lipinski definition) is 2. The Bertz CT molecular complexity index is 394. The van der Waals surface area contributed by atoms with Gasteiger partial charge in [-0.25, -0.2) is 0 Å². The van der Waals surface area contributed by atoms with Crippen molar-refractivity contribution in [2.24, 2.45) is 5.92 Å². The van der Waals surface area contributed by atoms with Crippen molar-refractivity contribution in [3.63, 3.8) is 0 Å². The fraction of sp³-hybridized carbons (Fsp3) is 0.625. The van der Waals surface area contributed by atoms with Crippen LogP contribution in [0.5, 0.6) is 5.75 Å². The van der Waals surface area contributed by atoms with Gasteiger partial charge >= 0.3 is 0 Å². The molecule has 0 spiro atoms. The summed E-state index contributed by atoms with van der Waals surface area (Å²) in [5.74, 6) is 1.30. The Kier molecular flexibility index (Phi) is 5.23. The minimum absolute atomic E-state index is 0.126. The maximum absolute atomic E-state index is 9.97. The Morgan fingerprint density at radius 3 is 2.89 bits per heavy atom. The Morgan fingerprint density at radius 1 is 1.37 bits per heavy atom. The van der Waals surface area contributed by atoms with Crippen LogP contribution in [0.4, 0.5) is 0 Å². The Hall–Kier alpha value is -1.06. The molecule has 1 aliphatic rings. The van der Waals surface area contributed by atoms with Gasteiger partial charge in [-0.1, -0.05) is 25.0 Å². The average Bonchev–Trinajstić information content (AvgIpc) is 2.46. The number of rotatable bonds is 5. The van der Waals surface area contributed by atoms with Gasteiger partial charge in [0, 0.05) is 12.6 Å². The lowest BCUT2D eigenvalue weighted by Crippen LogP contribution is -2.34. The molecule has 2 rings (SSSR count). The zero-order valence-corrected chi connectivity index (χ0v) is 11.9. The van der Waals surface area contributed by atoms with Crippen molar-refractivity contribution in [3.05, 3.63) is 29.8 Å². The van der Waals surface area contributed by atoms with E-state index in [-0.39, 0.29) is 12.1 Å². The van der Waals surface area contributed by atoms with E-state index in [0.29, 0.717) is 5.92 Å². The van der Waals surface area contributed by atoms with Crippen molar-refractivity contribution in [3.8, 4) is 5.75 Å². The first-order chi connectivity index (χ1) is 9.20. The first-order valence-electron chi connectivity index (χ1n) is 7.26. The minimum atomic E-state index is -0.126. The van der Waals surface area contributed by atoms with E-state index in [1.807, 2.05) is 12.1 Å². The average molecular weight is 263 g/mol. The fourth-order valence-corrected chi connectivity index (χ4v) is 2.78. The van der Waals surface area contributed by atoms with Crippen LogP contribution in [-0.4, -0.2) is 24.9 Å². The molecule has 0 bridgehead atoms. The molecule has 19 heavy (non-hydrogen) atoms. The van der Waals surface area contributed by atoms with E-state index in [1.165, 1.54) is 18.4 Å². The van der Waals surface area contributed by atoms with E-state index in [0.717, 1.165) is 25.1 Å². The number of benzene rings is 1. The largest absolute Gasteiger partial charge is 0.497 e. The molecule has 1 aliphatic carbocycles.